The number of amides is 2. The van der Waals surface area contributed by atoms with E-state index >= 15 is 0 Å². The van der Waals surface area contributed by atoms with E-state index in [0.29, 0.717) is 45.4 Å². The van der Waals surface area contributed by atoms with Gasteiger partial charge >= 0.3 is 6.09 Å². The zero-order chi connectivity index (χ0) is 12.4. The quantitative estimate of drug-likeness (QED) is 0.676. The number of carboxylic acid groups (broad SMARTS) is 1. The van der Waals surface area contributed by atoms with E-state index in [9.17, 15) is 14.7 Å². The Labute approximate surface area is 99.8 Å². The van der Waals surface area contributed by atoms with Crippen molar-refractivity contribution in [3.63, 3.8) is 0 Å². The van der Waals surface area contributed by atoms with Crippen molar-refractivity contribution in [3.8, 4) is 0 Å². The van der Waals surface area contributed by atoms with Gasteiger partial charge in [0.15, 0.2) is 0 Å². The molecule has 0 bridgehead atoms. The van der Waals surface area contributed by atoms with E-state index in [1.54, 1.807) is 4.90 Å². The Balaban J connectivity index is 1.86. The van der Waals surface area contributed by atoms with Crippen LogP contribution in [0.15, 0.2) is 0 Å². The predicted molar refractivity (Wildman–Crippen MR) is 59.5 cm³/mol. The molecule has 17 heavy (non-hydrogen) atoms. The average molecular weight is 242 g/mol. The van der Waals surface area contributed by atoms with Crippen LogP contribution in [0, 0.1) is 5.92 Å². The van der Waals surface area contributed by atoms with Crippen LogP contribution in [0.2, 0.25) is 0 Å². The number of aliphatic hydroxyl groups excluding tert-OH is 1. The summed E-state index contributed by atoms with van der Waals surface area (Å²) in [5.74, 6) is -0.151. The molecule has 0 radical (unpaired) electrons. The molecule has 96 valence electrons. The van der Waals surface area contributed by atoms with Crippen LogP contribution in [0.3, 0.4) is 0 Å². The zero-order valence-corrected chi connectivity index (χ0v) is 9.71. The fourth-order valence-corrected chi connectivity index (χ4v) is 2.48. The van der Waals surface area contributed by atoms with Crippen molar-refractivity contribution < 1.29 is 19.8 Å². The van der Waals surface area contributed by atoms with Gasteiger partial charge in [-0.25, -0.2) is 4.79 Å². The van der Waals surface area contributed by atoms with Crippen LogP contribution in [-0.2, 0) is 4.79 Å². The lowest BCUT2D eigenvalue weighted by atomic mass is 10.0. The molecule has 2 saturated heterocycles. The first kappa shape index (κ1) is 12.2. The van der Waals surface area contributed by atoms with Gasteiger partial charge in [-0.1, -0.05) is 0 Å². The molecule has 2 rings (SSSR count). The summed E-state index contributed by atoms with van der Waals surface area (Å²) in [5, 5.41) is 18.2. The monoisotopic (exact) mass is 242 g/mol. The summed E-state index contributed by atoms with van der Waals surface area (Å²) in [6, 6.07) is 0. The van der Waals surface area contributed by atoms with E-state index in [4.69, 9.17) is 5.11 Å². The third-order valence-electron chi connectivity index (χ3n) is 3.58. The van der Waals surface area contributed by atoms with Gasteiger partial charge < -0.3 is 20.0 Å². The number of hydrogen-bond acceptors (Lipinski definition) is 3. The predicted octanol–water partition coefficient (Wildman–Crippen LogP) is -0.0304. The lowest BCUT2D eigenvalue weighted by Crippen LogP contribution is -2.43. The molecule has 2 N–H and O–H groups in total. The van der Waals surface area contributed by atoms with Crippen molar-refractivity contribution >= 4 is 12.0 Å². The van der Waals surface area contributed by atoms with Gasteiger partial charge in [0.1, 0.15) is 0 Å². The topological polar surface area (TPSA) is 81.1 Å². The van der Waals surface area contributed by atoms with Crippen molar-refractivity contribution in [1.29, 1.82) is 0 Å². The summed E-state index contributed by atoms with van der Waals surface area (Å²) in [7, 11) is 0. The molecule has 0 saturated carbocycles. The lowest BCUT2D eigenvalue weighted by molar-refractivity contribution is -0.137. The summed E-state index contributed by atoms with van der Waals surface area (Å²) < 4.78 is 0. The van der Waals surface area contributed by atoms with Gasteiger partial charge in [-0.05, 0) is 19.3 Å². The van der Waals surface area contributed by atoms with Crippen molar-refractivity contribution in [3.05, 3.63) is 0 Å². The number of rotatable bonds is 1. The van der Waals surface area contributed by atoms with Gasteiger partial charge in [-0.2, -0.15) is 0 Å². The largest absolute Gasteiger partial charge is 0.465 e. The first-order valence-corrected chi connectivity index (χ1v) is 6.02. The highest BCUT2D eigenvalue weighted by Gasteiger charge is 2.34. The first-order chi connectivity index (χ1) is 8.08. The minimum atomic E-state index is -0.950. The maximum Gasteiger partial charge on any atom is 0.407 e. The Kier molecular flexibility index (Phi) is 3.51. The number of piperidine rings is 1. The molecule has 1 atom stereocenters. The van der Waals surface area contributed by atoms with Crippen LogP contribution in [0.25, 0.3) is 0 Å². The standard InChI is InChI=1S/C11H18N2O4/c14-9-2-5-12(6-3-9)10(15)8-1-4-13(7-8)11(16)17/h8-9,14H,1-7H2,(H,16,17)/t8-/m0/s1. The highest BCUT2D eigenvalue weighted by molar-refractivity contribution is 5.80. The van der Waals surface area contributed by atoms with Crippen LogP contribution >= 0.6 is 0 Å². The molecule has 2 aliphatic rings. The Morgan fingerprint density at radius 1 is 1.00 bits per heavy atom. The number of nitrogens with zero attached hydrogens (tertiary/aromatic N) is 2. The van der Waals surface area contributed by atoms with Gasteiger partial charge in [-0.15, -0.1) is 0 Å². The smallest absolute Gasteiger partial charge is 0.407 e. The van der Waals surface area contributed by atoms with E-state index in [-0.39, 0.29) is 17.9 Å². The Bertz CT molecular complexity index is 313. The molecule has 6 nitrogen and oxygen atoms in total. The third kappa shape index (κ3) is 2.69. The summed E-state index contributed by atoms with van der Waals surface area (Å²) in [5.41, 5.74) is 0. The molecule has 0 aromatic heterocycles. The van der Waals surface area contributed by atoms with Crippen LogP contribution < -0.4 is 0 Å². The second-order valence-corrected chi connectivity index (χ2v) is 4.77. The minimum absolute atomic E-state index is 0.0423. The van der Waals surface area contributed by atoms with E-state index in [2.05, 4.69) is 0 Å². The van der Waals surface area contributed by atoms with Crippen LogP contribution in [-0.4, -0.2) is 64.3 Å². The van der Waals surface area contributed by atoms with Crippen LogP contribution in [0.4, 0.5) is 4.79 Å². The van der Waals surface area contributed by atoms with E-state index in [1.165, 1.54) is 4.90 Å². The number of hydrogen-bond donors (Lipinski definition) is 2. The van der Waals surface area contributed by atoms with Crippen molar-refractivity contribution in [1.82, 2.24) is 9.80 Å². The molecule has 0 unspecified atom stereocenters. The molecule has 0 spiro atoms. The summed E-state index contributed by atoms with van der Waals surface area (Å²) in [4.78, 5) is 25.9. The summed E-state index contributed by atoms with van der Waals surface area (Å²) in [6.45, 7) is 1.93. The molecule has 0 aromatic rings. The average Bonchev–Trinajstić information content (AvgIpc) is 2.78. The molecule has 2 aliphatic heterocycles. The molecular formula is C11H18N2O4. The van der Waals surface area contributed by atoms with E-state index in [0.717, 1.165) is 0 Å². The minimum Gasteiger partial charge on any atom is -0.465 e. The number of carbonyl (C=O) groups excluding carboxylic acids is 1. The number of likely N-dealkylation sites (tertiary alicyclic amines) is 2. The third-order valence-corrected chi connectivity index (χ3v) is 3.58. The molecule has 2 heterocycles. The van der Waals surface area contributed by atoms with Crippen LogP contribution in [0.1, 0.15) is 19.3 Å². The van der Waals surface area contributed by atoms with Crippen molar-refractivity contribution in [2.75, 3.05) is 26.2 Å². The van der Waals surface area contributed by atoms with Crippen molar-refractivity contribution in [2.45, 2.75) is 25.4 Å². The summed E-state index contributed by atoms with van der Waals surface area (Å²) in [6.07, 6.45) is 0.624. The second-order valence-electron chi connectivity index (χ2n) is 4.77. The molecule has 2 amide bonds. The van der Waals surface area contributed by atoms with Crippen molar-refractivity contribution in [2.24, 2.45) is 5.92 Å². The molecule has 0 aliphatic carbocycles. The fraction of sp³-hybridized carbons (Fsp3) is 0.818. The highest BCUT2D eigenvalue weighted by atomic mass is 16.4. The SMILES string of the molecule is O=C(O)N1CC[C@H](C(=O)N2CCC(O)CC2)C1. The maximum atomic E-state index is 12.1. The normalized spacial score (nSPS) is 26.3. The number of aliphatic hydroxyl groups is 1. The molecular weight excluding hydrogens is 224 g/mol. The van der Waals surface area contributed by atoms with Crippen LogP contribution in [0.5, 0.6) is 0 Å². The van der Waals surface area contributed by atoms with Gasteiger partial charge in [-0.3, -0.25) is 4.79 Å². The second kappa shape index (κ2) is 4.91. The van der Waals surface area contributed by atoms with Gasteiger partial charge in [0.25, 0.3) is 0 Å². The lowest BCUT2D eigenvalue weighted by Gasteiger charge is -2.31. The zero-order valence-electron chi connectivity index (χ0n) is 9.71. The maximum absolute atomic E-state index is 12.1. The van der Waals surface area contributed by atoms with E-state index < -0.39 is 6.09 Å². The Morgan fingerprint density at radius 3 is 2.12 bits per heavy atom. The molecule has 6 heteroatoms. The van der Waals surface area contributed by atoms with Gasteiger partial charge in [0.05, 0.1) is 12.0 Å². The molecule has 2 fully saturated rings. The van der Waals surface area contributed by atoms with E-state index in [1.807, 2.05) is 0 Å². The molecule has 0 aromatic carbocycles. The fourth-order valence-electron chi connectivity index (χ4n) is 2.48. The summed E-state index contributed by atoms with van der Waals surface area (Å²) >= 11 is 0. The Hall–Kier alpha value is -1.30. The highest BCUT2D eigenvalue weighted by Crippen LogP contribution is 2.21. The van der Waals surface area contributed by atoms with Gasteiger partial charge in [0, 0.05) is 26.2 Å². The first-order valence-electron chi connectivity index (χ1n) is 6.02. The van der Waals surface area contributed by atoms with Gasteiger partial charge in [0.2, 0.25) is 5.91 Å². The Morgan fingerprint density at radius 2 is 1.59 bits per heavy atom. The number of carbonyl (C=O) groups is 2.